The van der Waals surface area contributed by atoms with E-state index in [1.807, 2.05) is 6.07 Å². The van der Waals surface area contributed by atoms with Gasteiger partial charge in [-0.15, -0.1) is 0 Å². The maximum Gasteiger partial charge on any atom is 0.146 e. The second-order valence-corrected chi connectivity index (χ2v) is 3.30. The van der Waals surface area contributed by atoms with Gasteiger partial charge in [-0.3, -0.25) is 0 Å². The molecular weight excluding hydrogens is 153 g/mol. The van der Waals surface area contributed by atoms with Crippen molar-refractivity contribution in [3.8, 4) is 0 Å². The first-order valence-corrected chi connectivity index (χ1v) is 4.34. The van der Waals surface area contributed by atoms with E-state index in [-0.39, 0.29) is 5.82 Å². The van der Waals surface area contributed by atoms with Gasteiger partial charge < -0.3 is 5.32 Å². The number of hydrogen-bond donors (Lipinski definition) is 1. The Bertz CT molecular complexity index is 268. The Kier molecular flexibility index (Phi) is 1.98. The van der Waals surface area contributed by atoms with Crippen LogP contribution in [0.15, 0.2) is 24.3 Å². The molecule has 2 rings (SSSR count). The predicted octanol–water partition coefficient (Wildman–Crippen LogP) is 2.65. The predicted molar refractivity (Wildman–Crippen MR) is 47.6 cm³/mol. The van der Waals surface area contributed by atoms with Crippen molar-refractivity contribution < 1.29 is 4.39 Å². The van der Waals surface area contributed by atoms with Crippen LogP contribution in [0.4, 0.5) is 10.1 Å². The molecule has 1 N–H and O–H groups in total. The van der Waals surface area contributed by atoms with E-state index in [1.165, 1.54) is 18.9 Å². The minimum Gasteiger partial charge on any atom is -0.382 e. The average Bonchev–Trinajstić information content (AvgIpc) is 2.86. The maximum atomic E-state index is 13.0. The number of halogens is 1. The van der Waals surface area contributed by atoms with Gasteiger partial charge in [0.25, 0.3) is 0 Å². The molecule has 0 spiro atoms. The summed E-state index contributed by atoms with van der Waals surface area (Å²) in [6, 6.07) is 6.81. The summed E-state index contributed by atoms with van der Waals surface area (Å²) in [5.74, 6) is 0.628. The van der Waals surface area contributed by atoms with Crippen LogP contribution in [-0.4, -0.2) is 6.54 Å². The van der Waals surface area contributed by atoms with Crippen molar-refractivity contribution >= 4 is 5.69 Å². The smallest absolute Gasteiger partial charge is 0.146 e. The molecule has 2 heteroatoms. The zero-order chi connectivity index (χ0) is 8.39. The van der Waals surface area contributed by atoms with E-state index in [0.717, 1.165) is 12.5 Å². The van der Waals surface area contributed by atoms with Crippen LogP contribution in [0.25, 0.3) is 0 Å². The van der Waals surface area contributed by atoms with Crippen molar-refractivity contribution in [3.05, 3.63) is 30.1 Å². The molecule has 1 aliphatic carbocycles. The van der Waals surface area contributed by atoms with Gasteiger partial charge in [0.15, 0.2) is 0 Å². The summed E-state index contributed by atoms with van der Waals surface area (Å²) >= 11 is 0. The van der Waals surface area contributed by atoms with Crippen LogP contribution in [0.3, 0.4) is 0 Å². The van der Waals surface area contributed by atoms with Crippen molar-refractivity contribution in [2.45, 2.75) is 12.8 Å². The Labute approximate surface area is 71.6 Å². The van der Waals surface area contributed by atoms with Crippen LogP contribution < -0.4 is 5.32 Å². The highest BCUT2D eigenvalue weighted by Crippen LogP contribution is 2.29. The fourth-order valence-corrected chi connectivity index (χ4v) is 1.18. The third-order valence-corrected chi connectivity index (χ3v) is 2.15. The molecule has 0 saturated heterocycles. The minimum absolute atomic E-state index is 0.154. The molecule has 1 saturated carbocycles. The van der Waals surface area contributed by atoms with E-state index in [4.69, 9.17) is 0 Å². The molecule has 0 atom stereocenters. The number of hydrogen-bond acceptors (Lipinski definition) is 1. The van der Waals surface area contributed by atoms with Gasteiger partial charge in [-0.1, -0.05) is 12.1 Å². The lowest BCUT2D eigenvalue weighted by atomic mass is 10.3. The number of anilines is 1. The van der Waals surface area contributed by atoms with Gasteiger partial charge in [-0.2, -0.15) is 0 Å². The molecule has 12 heavy (non-hydrogen) atoms. The van der Waals surface area contributed by atoms with Gasteiger partial charge in [-0.25, -0.2) is 4.39 Å². The fraction of sp³-hybridized carbons (Fsp3) is 0.400. The third kappa shape index (κ3) is 1.76. The standard InChI is InChI=1S/C10H12FN/c11-9-3-1-2-4-10(9)12-7-8-5-6-8/h1-4,8,12H,5-7H2. The van der Waals surface area contributed by atoms with Crippen LogP contribution in [-0.2, 0) is 0 Å². The van der Waals surface area contributed by atoms with Crippen LogP contribution in [0.2, 0.25) is 0 Å². The number of benzene rings is 1. The molecule has 0 aromatic heterocycles. The lowest BCUT2D eigenvalue weighted by Crippen LogP contribution is -2.04. The van der Waals surface area contributed by atoms with E-state index in [1.54, 1.807) is 12.1 Å². The molecule has 1 nitrogen and oxygen atoms in total. The highest BCUT2D eigenvalue weighted by molar-refractivity contribution is 5.44. The van der Waals surface area contributed by atoms with Gasteiger partial charge in [0.1, 0.15) is 5.82 Å². The summed E-state index contributed by atoms with van der Waals surface area (Å²) in [5.41, 5.74) is 0.629. The van der Waals surface area contributed by atoms with E-state index < -0.39 is 0 Å². The number of rotatable bonds is 3. The summed E-state index contributed by atoms with van der Waals surface area (Å²) in [6.07, 6.45) is 2.59. The Hall–Kier alpha value is -1.05. The van der Waals surface area contributed by atoms with Gasteiger partial charge in [0.05, 0.1) is 5.69 Å². The first kappa shape index (κ1) is 7.59. The van der Waals surface area contributed by atoms with Crippen molar-refractivity contribution in [2.75, 3.05) is 11.9 Å². The summed E-state index contributed by atoms with van der Waals surface area (Å²) in [6.45, 7) is 0.918. The normalized spacial score (nSPS) is 16.1. The molecule has 0 amide bonds. The van der Waals surface area contributed by atoms with Gasteiger partial charge >= 0.3 is 0 Å². The van der Waals surface area contributed by atoms with E-state index in [2.05, 4.69) is 5.32 Å². The number of para-hydroxylation sites is 1. The monoisotopic (exact) mass is 165 g/mol. The molecule has 0 aliphatic heterocycles. The van der Waals surface area contributed by atoms with E-state index >= 15 is 0 Å². The highest BCUT2D eigenvalue weighted by Gasteiger charge is 2.20. The molecule has 0 unspecified atom stereocenters. The Morgan fingerprint density at radius 1 is 1.33 bits per heavy atom. The largest absolute Gasteiger partial charge is 0.382 e. The van der Waals surface area contributed by atoms with E-state index in [0.29, 0.717) is 5.69 Å². The van der Waals surface area contributed by atoms with Crippen LogP contribution in [0.5, 0.6) is 0 Å². The van der Waals surface area contributed by atoms with Crippen molar-refractivity contribution in [1.82, 2.24) is 0 Å². The number of nitrogens with one attached hydrogen (secondary N) is 1. The average molecular weight is 165 g/mol. The van der Waals surface area contributed by atoms with Gasteiger partial charge in [0.2, 0.25) is 0 Å². The lowest BCUT2D eigenvalue weighted by Gasteiger charge is -2.05. The first-order valence-electron chi connectivity index (χ1n) is 4.34. The summed E-state index contributed by atoms with van der Waals surface area (Å²) < 4.78 is 13.0. The van der Waals surface area contributed by atoms with Crippen LogP contribution in [0.1, 0.15) is 12.8 Å². The maximum absolute atomic E-state index is 13.0. The lowest BCUT2D eigenvalue weighted by molar-refractivity contribution is 0.629. The summed E-state index contributed by atoms with van der Waals surface area (Å²) in [5, 5.41) is 3.10. The molecule has 0 heterocycles. The van der Waals surface area contributed by atoms with Crippen LogP contribution >= 0.6 is 0 Å². The Balaban J connectivity index is 1.96. The highest BCUT2D eigenvalue weighted by atomic mass is 19.1. The third-order valence-electron chi connectivity index (χ3n) is 2.15. The summed E-state index contributed by atoms with van der Waals surface area (Å²) in [7, 11) is 0. The fourth-order valence-electron chi connectivity index (χ4n) is 1.18. The quantitative estimate of drug-likeness (QED) is 0.726. The first-order chi connectivity index (χ1) is 5.86. The van der Waals surface area contributed by atoms with Crippen molar-refractivity contribution in [3.63, 3.8) is 0 Å². The zero-order valence-corrected chi connectivity index (χ0v) is 6.89. The second kappa shape index (κ2) is 3.13. The minimum atomic E-state index is -0.154. The molecule has 1 aromatic rings. The molecule has 0 radical (unpaired) electrons. The van der Waals surface area contributed by atoms with E-state index in [9.17, 15) is 4.39 Å². The Morgan fingerprint density at radius 3 is 2.75 bits per heavy atom. The summed E-state index contributed by atoms with van der Waals surface area (Å²) in [4.78, 5) is 0. The van der Waals surface area contributed by atoms with Crippen molar-refractivity contribution in [1.29, 1.82) is 0 Å². The van der Waals surface area contributed by atoms with Gasteiger partial charge in [-0.05, 0) is 30.9 Å². The molecular formula is C10H12FN. The SMILES string of the molecule is Fc1ccccc1NCC1CC1. The molecule has 0 bridgehead atoms. The molecule has 64 valence electrons. The molecule has 1 aliphatic rings. The van der Waals surface area contributed by atoms with Crippen LogP contribution in [0, 0.1) is 11.7 Å². The molecule has 1 fully saturated rings. The second-order valence-electron chi connectivity index (χ2n) is 3.30. The Morgan fingerprint density at radius 2 is 2.08 bits per heavy atom. The van der Waals surface area contributed by atoms with Gasteiger partial charge in [0, 0.05) is 6.54 Å². The zero-order valence-electron chi connectivity index (χ0n) is 6.89. The van der Waals surface area contributed by atoms with Crippen molar-refractivity contribution in [2.24, 2.45) is 5.92 Å². The molecule has 1 aromatic carbocycles. The topological polar surface area (TPSA) is 12.0 Å².